The molecule has 0 atom stereocenters. The third-order valence-electron chi connectivity index (χ3n) is 1.96. The van der Waals surface area contributed by atoms with Crippen molar-refractivity contribution in [2.45, 2.75) is 6.92 Å². The van der Waals surface area contributed by atoms with Crippen LogP contribution in [0.25, 0.3) is 11.0 Å². The summed E-state index contributed by atoms with van der Waals surface area (Å²) in [4.78, 5) is 21.1. The number of carbonyl (C=O) groups is 1. The van der Waals surface area contributed by atoms with E-state index in [1.165, 1.54) is 19.1 Å². The summed E-state index contributed by atoms with van der Waals surface area (Å²) in [5.41, 5.74) is 0.569. The summed E-state index contributed by atoms with van der Waals surface area (Å²) in [6.07, 6.45) is 0. The van der Waals surface area contributed by atoms with Crippen LogP contribution in [0, 0.1) is 10.1 Å². The van der Waals surface area contributed by atoms with Gasteiger partial charge >= 0.3 is 0 Å². The first-order chi connectivity index (χ1) is 7.59. The van der Waals surface area contributed by atoms with E-state index in [0.29, 0.717) is 5.52 Å². The van der Waals surface area contributed by atoms with Crippen molar-refractivity contribution < 1.29 is 26.8 Å². The van der Waals surface area contributed by atoms with Crippen LogP contribution in [0.15, 0.2) is 12.1 Å². The molecule has 0 aliphatic carbocycles. The number of benzene rings is 1. The molecule has 2 aromatic rings. The molecule has 1 amide bonds. The topological polar surface area (TPSA) is 114 Å². The molecule has 0 spiro atoms. The van der Waals surface area contributed by atoms with Crippen molar-refractivity contribution in [1.82, 2.24) is 15.4 Å². The molecule has 0 saturated heterocycles. The molecular weight excluding hydrogens is 269 g/mol. The van der Waals surface area contributed by atoms with E-state index < -0.39 is 10.8 Å². The van der Waals surface area contributed by atoms with E-state index in [0.717, 1.165) is 0 Å². The van der Waals surface area contributed by atoms with Crippen LogP contribution in [0.1, 0.15) is 6.92 Å². The summed E-state index contributed by atoms with van der Waals surface area (Å²) in [6.45, 7) is 1.27. The van der Waals surface area contributed by atoms with Gasteiger partial charge in [0.15, 0.2) is 0 Å². The summed E-state index contributed by atoms with van der Waals surface area (Å²) in [7, 11) is 0. The van der Waals surface area contributed by atoms with Gasteiger partial charge in [0.25, 0.3) is 5.69 Å². The van der Waals surface area contributed by atoms with Crippen LogP contribution >= 0.6 is 0 Å². The number of nitrogens with zero attached hydrogens (tertiary/aromatic N) is 3. The van der Waals surface area contributed by atoms with Crippen LogP contribution in [0.3, 0.4) is 0 Å². The maximum atomic E-state index is 11.0. The number of anilines is 1. The monoisotopic (exact) mass is 276 g/mol. The van der Waals surface area contributed by atoms with Gasteiger partial charge in [-0.25, -0.2) is 0 Å². The zero-order chi connectivity index (χ0) is 11.7. The van der Waals surface area contributed by atoms with Crippen molar-refractivity contribution >= 4 is 28.3 Å². The minimum atomic E-state index is -0.584. The smallest absolute Gasteiger partial charge is 0.295 e. The second-order valence-corrected chi connectivity index (χ2v) is 3.09. The number of rotatable bonds is 2. The summed E-state index contributed by atoms with van der Waals surface area (Å²) < 4.78 is 0. The van der Waals surface area contributed by atoms with Crippen LogP contribution in [0.5, 0.6) is 0 Å². The van der Waals surface area contributed by atoms with Crippen molar-refractivity contribution in [2.75, 3.05) is 5.32 Å². The molecule has 1 aromatic heterocycles. The number of carbonyl (C=O) groups excluding carboxylic acids is 1. The maximum Gasteiger partial charge on any atom is 0.295 e. The van der Waals surface area contributed by atoms with Crippen molar-refractivity contribution in [2.24, 2.45) is 0 Å². The number of amides is 1. The fourth-order valence-electron chi connectivity index (χ4n) is 1.35. The van der Waals surface area contributed by atoms with E-state index in [4.69, 9.17) is 0 Å². The van der Waals surface area contributed by atoms with Gasteiger partial charge in [-0.15, -0.1) is 0 Å². The van der Waals surface area contributed by atoms with Crippen LogP contribution in [0.4, 0.5) is 11.4 Å². The summed E-state index contributed by atoms with van der Waals surface area (Å²) in [5.74, 6) is -0.404. The number of aromatic amines is 1. The van der Waals surface area contributed by atoms with Crippen LogP contribution in [0.2, 0.25) is 0 Å². The number of H-pyrrole nitrogens is 1. The Morgan fingerprint density at radius 3 is 2.76 bits per heavy atom. The van der Waals surface area contributed by atoms with Crippen molar-refractivity contribution in [1.29, 1.82) is 0 Å². The second kappa shape index (κ2) is 4.89. The molecule has 1 heterocycles. The first-order valence-corrected chi connectivity index (χ1v) is 4.35. The molecule has 0 aliphatic heterocycles. The molecule has 0 saturated carbocycles. The number of nitrogens with one attached hydrogen (secondary N) is 2. The molecule has 0 aliphatic rings. The van der Waals surface area contributed by atoms with Crippen molar-refractivity contribution in [3.63, 3.8) is 0 Å². The van der Waals surface area contributed by atoms with Gasteiger partial charge < -0.3 is 5.32 Å². The zero-order valence-electron chi connectivity index (χ0n) is 8.60. The molecular formula is C8H7MnN5O3. The largest absolute Gasteiger partial charge is 0.319 e. The SMILES string of the molecule is CC(=O)Nc1c([N+](=O)[O-])ccc2n[nH]nc12.[Mn]. The minimum Gasteiger partial charge on any atom is -0.319 e. The van der Waals surface area contributed by atoms with E-state index in [9.17, 15) is 14.9 Å². The van der Waals surface area contributed by atoms with Gasteiger partial charge in [-0.1, -0.05) is 0 Å². The van der Waals surface area contributed by atoms with Gasteiger partial charge in [0.1, 0.15) is 16.7 Å². The Morgan fingerprint density at radius 2 is 2.18 bits per heavy atom. The van der Waals surface area contributed by atoms with E-state index in [1.54, 1.807) is 0 Å². The molecule has 1 aromatic carbocycles. The second-order valence-electron chi connectivity index (χ2n) is 3.09. The molecule has 0 bridgehead atoms. The molecule has 1 radical (unpaired) electrons. The average molecular weight is 276 g/mol. The van der Waals surface area contributed by atoms with Gasteiger partial charge in [0.05, 0.1) is 4.92 Å². The molecule has 17 heavy (non-hydrogen) atoms. The number of fused-ring (bicyclic) bond motifs is 1. The third-order valence-corrected chi connectivity index (χ3v) is 1.96. The van der Waals surface area contributed by atoms with Gasteiger partial charge in [0.2, 0.25) is 5.91 Å². The van der Waals surface area contributed by atoms with E-state index in [1.807, 2.05) is 0 Å². The minimum absolute atomic E-state index is 0. The normalized spacial score (nSPS) is 9.71. The van der Waals surface area contributed by atoms with E-state index in [-0.39, 0.29) is 34.0 Å². The number of hydrogen-bond donors (Lipinski definition) is 2. The number of hydrogen-bond acceptors (Lipinski definition) is 5. The van der Waals surface area contributed by atoms with Crippen LogP contribution < -0.4 is 5.32 Å². The molecule has 8 nitrogen and oxygen atoms in total. The molecule has 89 valence electrons. The van der Waals surface area contributed by atoms with Gasteiger partial charge in [-0.2, -0.15) is 15.4 Å². The Bertz CT molecular complexity index is 582. The van der Waals surface area contributed by atoms with Gasteiger partial charge in [0, 0.05) is 30.1 Å². The van der Waals surface area contributed by atoms with Gasteiger partial charge in [-0.3, -0.25) is 14.9 Å². The third kappa shape index (κ3) is 2.40. The predicted octanol–water partition coefficient (Wildman–Crippen LogP) is 0.822. The molecule has 9 heteroatoms. The van der Waals surface area contributed by atoms with Crippen LogP contribution in [-0.2, 0) is 21.9 Å². The Balaban J connectivity index is 0.00000144. The number of aromatic nitrogens is 3. The fraction of sp³-hybridized carbons (Fsp3) is 0.125. The molecule has 0 unspecified atom stereocenters. The zero-order valence-corrected chi connectivity index (χ0v) is 9.78. The van der Waals surface area contributed by atoms with Gasteiger partial charge in [-0.05, 0) is 6.07 Å². The quantitative estimate of drug-likeness (QED) is 0.479. The number of nitro groups is 1. The Labute approximate surface area is 105 Å². The summed E-state index contributed by atoms with van der Waals surface area (Å²) in [5, 5.41) is 23.0. The Morgan fingerprint density at radius 1 is 1.47 bits per heavy atom. The van der Waals surface area contributed by atoms with Crippen LogP contribution in [-0.4, -0.2) is 26.2 Å². The Hall–Kier alpha value is -1.99. The molecule has 2 rings (SSSR count). The summed E-state index contributed by atoms with van der Waals surface area (Å²) >= 11 is 0. The number of nitro benzene ring substituents is 1. The standard InChI is InChI=1S/C8H7N5O3.Mn/c1-4(14)9-8-6(13(15)16)3-2-5-7(8)11-12-10-5;/h2-3H,1H3,(H,9,14)(H,10,11,12);. The fourth-order valence-corrected chi connectivity index (χ4v) is 1.35. The van der Waals surface area contributed by atoms with E-state index >= 15 is 0 Å². The predicted molar refractivity (Wildman–Crippen MR) is 54.8 cm³/mol. The van der Waals surface area contributed by atoms with Crippen molar-refractivity contribution in [3.05, 3.63) is 22.2 Å². The molecule has 0 fully saturated rings. The maximum absolute atomic E-state index is 11.0. The molecule has 2 N–H and O–H groups in total. The average Bonchev–Trinajstić information content (AvgIpc) is 2.64. The Kier molecular flexibility index (Phi) is 3.76. The summed E-state index contributed by atoms with van der Waals surface area (Å²) in [6, 6.07) is 2.73. The first-order valence-electron chi connectivity index (χ1n) is 4.35. The van der Waals surface area contributed by atoms with Crippen molar-refractivity contribution in [3.8, 4) is 0 Å². The first kappa shape index (κ1) is 13.1. The van der Waals surface area contributed by atoms with E-state index in [2.05, 4.69) is 20.7 Å².